The molecule has 2 aromatic rings. The molecule has 1 heterocycles. The van der Waals surface area contributed by atoms with Gasteiger partial charge in [0.1, 0.15) is 11.3 Å². The second kappa shape index (κ2) is 6.90. The summed E-state index contributed by atoms with van der Waals surface area (Å²) < 4.78 is 10.9. The number of hydrogen-bond donors (Lipinski definition) is 0. The minimum Gasteiger partial charge on any atom is -0.479 e. The van der Waals surface area contributed by atoms with Gasteiger partial charge in [-0.15, -0.1) is 0 Å². The fourth-order valence-corrected chi connectivity index (χ4v) is 3.60. The van der Waals surface area contributed by atoms with Gasteiger partial charge in [-0.1, -0.05) is 19.4 Å². The van der Waals surface area contributed by atoms with Gasteiger partial charge in [0.05, 0.1) is 9.47 Å². The number of carbonyl (C=O) groups is 1. The van der Waals surface area contributed by atoms with Gasteiger partial charge in [0, 0.05) is 11.5 Å². The minimum absolute atomic E-state index is 0.105. The predicted octanol–water partition coefficient (Wildman–Crippen LogP) is 4.52. The number of fused-ring (bicyclic) bond motifs is 1. The Morgan fingerprint density at radius 3 is 2.79 bits per heavy atom. The Labute approximate surface area is 143 Å². The maximum atomic E-state index is 13.0. The van der Waals surface area contributed by atoms with E-state index in [4.69, 9.17) is 8.94 Å². The molecule has 1 unspecified atom stereocenters. The molecule has 1 aromatic carbocycles. The quantitative estimate of drug-likeness (QED) is 0.455. The lowest BCUT2D eigenvalue weighted by Gasteiger charge is -2.14. The zero-order valence-electron chi connectivity index (χ0n) is 14.0. The van der Waals surface area contributed by atoms with Crippen molar-refractivity contribution in [2.24, 2.45) is 0 Å². The van der Waals surface area contributed by atoms with Crippen LogP contribution in [0.4, 0.5) is 0 Å². The van der Waals surface area contributed by atoms with Crippen LogP contribution in [0.2, 0.25) is 0 Å². The zero-order valence-corrected chi connectivity index (χ0v) is 15.1. The minimum atomic E-state index is -0.430. The molecule has 3 rings (SSSR count). The summed E-state index contributed by atoms with van der Waals surface area (Å²) in [5.74, 6) is 0.325. The third-order valence-corrected chi connectivity index (χ3v) is 4.72. The average molecular weight is 344 g/mol. The molecular weight excluding hydrogens is 323 g/mol. The van der Waals surface area contributed by atoms with E-state index in [1.807, 2.05) is 19.1 Å². The molecule has 0 saturated carbocycles. The molecule has 1 aliphatic carbocycles. The van der Waals surface area contributed by atoms with Crippen LogP contribution in [0.15, 0.2) is 33.0 Å². The van der Waals surface area contributed by atoms with Gasteiger partial charge < -0.3 is 8.94 Å². The molecule has 24 heavy (non-hydrogen) atoms. The number of hydrogen-bond acceptors (Lipinski definition) is 4. The summed E-state index contributed by atoms with van der Waals surface area (Å²) in [6.45, 7) is 4.00. The molecule has 0 saturated heterocycles. The van der Waals surface area contributed by atoms with Crippen LogP contribution in [0.3, 0.4) is 0 Å². The predicted molar refractivity (Wildman–Crippen MR) is 97.8 cm³/mol. The lowest BCUT2D eigenvalue weighted by Crippen LogP contribution is -2.09. The average Bonchev–Trinajstić information content (AvgIpc) is 3.08. The van der Waals surface area contributed by atoms with Crippen LogP contribution in [-0.2, 0) is 6.42 Å². The summed E-state index contributed by atoms with van der Waals surface area (Å²) in [5.41, 5.74) is 2.90. The van der Waals surface area contributed by atoms with Crippen LogP contribution in [0.5, 0.6) is 5.75 Å². The van der Waals surface area contributed by atoms with Crippen molar-refractivity contribution in [3.8, 4) is 5.75 Å². The molecule has 0 amide bonds. The lowest BCUT2D eigenvalue weighted by molar-refractivity contribution is 0.103. The summed E-state index contributed by atoms with van der Waals surface area (Å²) in [6.07, 6.45) is 6.28. The van der Waals surface area contributed by atoms with Gasteiger partial charge in [-0.2, -0.15) is 0 Å². The van der Waals surface area contributed by atoms with Gasteiger partial charge in [-0.3, -0.25) is 4.79 Å². The first-order valence-corrected chi connectivity index (χ1v) is 8.74. The molecule has 0 aliphatic heterocycles. The number of ketones is 1. The van der Waals surface area contributed by atoms with Crippen molar-refractivity contribution < 1.29 is 13.7 Å². The van der Waals surface area contributed by atoms with Crippen LogP contribution in [-0.4, -0.2) is 5.78 Å². The van der Waals surface area contributed by atoms with Gasteiger partial charge in [-0.25, -0.2) is 4.79 Å². The summed E-state index contributed by atoms with van der Waals surface area (Å²) in [5, 5.41) is 0.851. The van der Waals surface area contributed by atoms with E-state index in [1.165, 1.54) is 6.07 Å². The Balaban J connectivity index is 2.35. The maximum absolute atomic E-state index is 13.0. The molecule has 1 aliphatic rings. The zero-order chi connectivity index (χ0) is 17.3. The van der Waals surface area contributed by atoms with E-state index < -0.39 is 5.63 Å². The Hall–Kier alpha value is -1.93. The first-order valence-electron chi connectivity index (χ1n) is 8.27. The summed E-state index contributed by atoms with van der Waals surface area (Å²) >= 11 is 0. The monoisotopic (exact) mass is 344 g/mol. The van der Waals surface area contributed by atoms with Gasteiger partial charge in [0.2, 0.25) is 0 Å². The molecule has 5 heteroatoms. The second-order valence-corrected chi connectivity index (χ2v) is 6.42. The molecular formula is C19H21O4P. The summed E-state index contributed by atoms with van der Waals surface area (Å²) in [4.78, 5) is 25.1. The largest absolute Gasteiger partial charge is 0.479 e. The van der Waals surface area contributed by atoms with E-state index in [-0.39, 0.29) is 5.78 Å². The van der Waals surface area contributed by atoms with Gasteiger partial charge in [-0.05, 0) is 55.4 Å². The molecule has 1 atom stereocenters. The smallest absolute Gasteiger partial charge is 0.336 e. The van der Waals surface area contributed by atoms with Crippen molar-refractivity contribution in [1.82, 2.24) is 0 Å². The normalized spacial score (nSPS) is 14.0. The first kappa shape index (κ1) is 16.9. The molecule has 0 N–H and O–H groups in total. The molecule has 1 aromatic heterocycles. The molecule has 0 radical (unpaired) electrons. The topological polar surface area (TPSA) is 56.5 Å². The van der Waals surface area contributed by atoms with Crippen molar-refractivity contribution in [2.75, 3.05) is 0 Å². The fraction of sp³-hybridized carbons (Fsp3) is 0.368. The van der Waals surface area contributed by atoms with Crippen LogP contribution >= 0.6 is 9.47 Å². The molecule has 4 nitrogen and oxygen atoms in total. The van der Waals surface area contributed by atoms with Gasteiger partial charge in [0.25, 0.3) is 0 Å². The van der Waals surface area contributed by atoms with Crippen LogP contribution in [0.1, 0.15) is 54.1 Å². The first-order chi connectivity index (χ1) is 11.6. The highest BCUT2D eigenvalue weighted by Crippen LogP contribution is 2.36. The Morgan fingerprint density at radius 1 is 1.38 bits per heavy atom. The van der Waals surface area contributed by atoms with Crippen molar-refractivity contribution in [1.29, 1.82) is 0 Å². The SMILES string of the molecule is CCCc1cc(=O)oc2c(C(=O)C3=CCCC3)c(OP)cc(C)c12. The number of Topliss-reactive ketones (excluding diaryl/α,β-unsaturated/α-hetero) is 1. The number of aryl methyl sites for hydroxylation is 2. The lowest BCUT2D eigenvalue weighted by atomic mass is 9.94. The number of carbonyl (C=O) groups excluding carboxylic acids is 1. The highest BCUT2D eigenvalue weighted by molar-refractivity contribution is 7.10. The van der Waals surface area contributed by atoms with E-state index in [2.05, 4.69) is 16.4 Å². The number of rotatable bonds is 5. The van der Waals surface area contributed by atoms with Gasteiger partial charge in [0.15, 0.2) is 11.4 Å². The highest BCUT2D eigenvalue weighted by Gasteiger charge is 2.25. The summed E-state index contributed by atoms with van der Waals surface area (Å²) in [7, 11) is 2.18. The number of benzene rings is 1. The van der Waals surface area contributed by atoms with Crippen LogP contribution < -0.4 is 10.1 Å². The van der Waals surface area contributed by atoms with Gasteiger partial charge >= 0.3 is 5.63 Å². The molecule has 0 bridgehead atoms. The van der Waals surface area contributed by atoms with E-state index in [0.717, 1.165) is 54.2 Å². The Kier molecular flexibility index (Phi) is 4.86. The van der Waals surface area contributed by atoms with Crippen molar-refractivity contribution in [3.63, 3.8) is 0 Å². The van der Waals surface area contributed by atoms with Crippen molar-refractivity contribution in [2.45, 2.75) is 46.0 Å². The van der Waals surface area contributed by atoms with Crippen LogP contribution in [0.25, 0.3) is 11.0 Å². The van der Waals surface area contributed by atoms with Crippen molar-refractivity contribution in [3.05, 3.63) is 50.9 Å². The number of allylic oxidation sites excluding steroid dienone is 2. The highest BCUT2D eigenvalue weighted by atomic mass is 31.0. The summed E-state index contributed by atoms with van der Waals surface area (Å²) in [6, 6.07) is 3.38. The third kappa shape index (κ3) is 2.91. The molecule has 0 spiro atoms. The molecule has 126 valence electrons. The third-order valence-electron chi connectivity index (χ3n) is 4.46. The van der Waals surface area contributed by atoms with Crippen molar-refractivity contribution >= 4 is 26.2 Å². The van der Waals surface area contributed by atoms with E-state index in [9.17, 15) is 9.59 Å². The Bertz CT molecular complexity index is 892. The van der Waals surface area contributed by atoms with E-state index >= 15 is 0 Å². The Morgan fingerprint density at radius 2 is 2.17 bits per heavy atom. The van der Waals surface area contributed by atoms with E-state index in [0.29, 0.717) is 16.9 Å². The van der Waals surface area contributed by atoms with Crippen LogP contribution in [0, 0.1) is 6.92 Å². The second-order valence-electron chi connectivity index (χ2n) is 6.18. The van der Waals surface area contributed by atoms with E-state index in [1.54, 1.807) is 0 Å². The molecule has 0 fully saturated rings. The standard InChI is InChI=1S/C19H21O4P/c1-3-6-13-10-15(20)22-19-16(13)11(2)9-14(23-24)17(19)18(21)12-7-4-5-8-12/h7,9-10H,3-6,8,24H2,1-2H3. The fourth-order valence-electron chi connectivity index (χ4n) is 3.41. The maximum Gasteiger partial charge on any atom is 0.336 e.